The molecule has 2 rings (SSSR count). The molecule has 0 unspecified atom stereocenters. The predicted molar refractivity (Wildman–Crippen MR) is 80.2 cm³/mol. The van der Waals surface area contributed by atoms with Gasteiger partial charge in [-0.25, -0.2) is 9.97 Å². The number of pyridine rings is 1. The second kappa shape index (κ2) is 6.88. The number of carbonyl (C=O) groups excluding carboxylic acids is 1. The molecule has 1 amide bonds. The van der Waals surface area contributed by atoms with Gasteiger partial charge in [-0.2, -0.15) is 0 Å². The highest BCUT2D eigenvalue weighted by Gasteiger charge is 2.09. The van der Waals surface area contributed by atoms with Crippen molar-refractivity contribution in [3.63, 3.8) is 0 Å². The molecule has 0 aliphatic carbocycles. The van der Waals surface area contributed by atoms with Crippen LogP contribution in [0, 0.1) is 13.8 Å². The first-order valence-electron chi connectivity index (χ1n) is 7.01. The molecule has 0 aliphatic rings. The fourth-order valence-electron chi connectivity index (χ4n) is 1.76. The number of oxazole rings is 1. The molecule has 0 spiro atoms. The summed E-state index contributed by atoms with van der Waals surface area (Å²) in [5.41, 5.74) is 1.35. The van der Waals surface area contributed by atoms with Gasteiger partial charge in [0.2, 0.25) is 5.89 Å². The highest BCUT2D eigenvalue weighted by atomic mass is 16.4. The van der Waals surface area contributed by atoms with Crippen molar-refractivity contribution in [3.8, 4) is 0 Å². The van der Waals surface area contributed by atoms with E-state index in [4.69, 9.17) is 4.42 Å². The third-order valence-corrected chi connectivity index (χ3v) is 3.05. The van der Waals surface area contributed by atoms with E-state index in [9.17, 15) is 4.79 Å². The van der Waals surface area contributed by atoms with Crippen LogP contribution in [0.25, 0.3) is 0 Å². The number of hydrogen-bond donors (Lipinski definition) is 2. The summed E-state index contributed by atoms with van der Waals surface area (Å²) >= 11 is 0. The van der Waals surface area contributed by atoms with Crippen molar-refractivity contribution in [2.75, 3.05) is 11.9 Å². The van der Waals surface area contributed by atoms with E-state index in [-0.39, 0.29) is 12.5 Å². The van der Waals surface area contributed by atoms with Crippen molar-refractivity contribution in [3.05, 3.63) is 41.2 Å². The Morgan fingerprint density at radius 1 is 1.33 bits per heavy atom. The van der Waals surface area contributed by atoms with Crippen LogP contribution in [0.3, 0.4) is 0 Å². The second-order valence-electron chi connectivity index (χ2n) is 4.79. The normalized spacial score (nSPS) is 10.4. The summed E-state index contributed by atoms with van der Waals surface area (Å²) in [6, 6.07) is 3.54. The molecule has 2 heterocycles. The van der Waals surface area contributed by atoms with Crippen LogP contribution in [0.5, 0.6) is 0 Å². The Balaban J connectivity index is 1.90. The SMILES string of the molecule is CCCNc1ccc(C(=O)NCc2nc(C)c(C)o2)cn1. The summed E-state index contributed by atoms with van der Waals surface area (Å²) in [5.74, 6) is 1.85. The van der Waals surface area contributed by atoms with E-state index >= 15 is 0 Å². The molecule has 2 aromatic heterocycles. The number of anilines is 1. The summed E-state index contributed by atoms with van der Waals surface area (Å²) in [5, 5.41) is 5.92. The molecule has 0 saturated heterocycles. The Morgan fingerprint density at radius 3 is 2.71 bits per heavy atom. The monoisotopic (exact) mass is 288 g/mol. The Kier molecular flexibility index (Phi) is 4.92. The number of nitrogens with zero attached hydrogens (tertiary/aromatic N) is 2. The van der Waals surface area contributed by atoms with Crippen molar-refractivity contribution >= 4 is 11.7 Å². The molecule has 0 aliphatic heterocycles. The van der Waals surface area contributed by atoms with Crippen LogP contribution >= 0.6 is 0 Å². The van der Waals surface area contributed by atoms with E-state index in [0.29, 0.717) is 11.5 Å². The van der Waals surface area contributed by atoms with Gasteiger partial charge in [0.05, 0.1) is 17.8 Å². The fraction of sp³-hybridized carbons (Fsp3) is 0.400. The molecular weight excluding hydrogens is 268 g/mol. The minimum Gasteiger partial charge on any atom is -0.444 e. The zero-order valence-electron chi connectivity index (χ0n) is 12.6. The number of nitrogens with one attached hydrogen (secondary N) is 2. The highest BCUT2D eigenvalue weighted by molar-refractivity contribution is 5.93. The largest absolute Gasteiger partial charge is 0.444 e. The lowest BCUT2D eigenvalue weighted by Gasteiger charge is -2.05. The van der Waals surface area contributed by atoms with Crippen LogP contribution in [-0.4, -0.2) is 22.4 Å². The van der Waals surface area contributed by atoms with E-state index in [1.54, 1.807) is 18.3 Å². The summed E-state index contributed by atoms with van der Waals surface area (Å²) in [7, 11) is 0. The molecule has 0 atom stereocenters. The first-order valence-corrected chi connectivity index (χ1v) is 7.01. The molecule has 0 radical (unpaired) electrons. The van der Waals surface area contributed by atoms with Crippen molar-refractivity contribution < 1.29 is 9.21 Å². The molecule has 0 bridgehead atoms. The molecule has 0 fully saturated rings. The number of aromatic nitrogens is 2. The van der Waals surface area contributed by atoms with Gasteiger partial charge in [-0.1, -0.05) is 6.92 Å². The minimum absolute atomic E-state index is 0.196. The Hall–Kier alpha value is -2.37. The van der Waals surface area contributed by atoms with Crippen molar-refractivity contribution in [1.29, 1.82) is 0 Å². The molecule has 21 heavy (non-hydrogen) atoms. The van der Waals surface area contributed by atoms with Gasteiger partial charge in [-0.05, 0) is 32.4 Å². The van der Waals surface area contributed by atoms with Crippen LogP contribution in [-0.2, 0) is 6.54 Å². The zero-order chi connectivity index (χ0) is 15.2. The van der Waals surface area contributed by atoms with E-state index in [2.05, 4.69) is 27.5 Å². The number of hydrogen-bond acceptors (Lipinski definition) is 5. The first-order chi connectivity index (χ1) is 10.1. The van der Waals surface area contributed by atoms with Gasteiger partial charge in [0, 0.05) is 12.7 Å². The topological polar surface area (TPSA) is 80.0 Å². The van der Waals surface area contributed by atoms with Crippen LogP contribution in [0.15, 0.2) is 22.7 Å². The van der Waals surface area contributed by atoms with Crippen molar-refractivity contribution in [2.45, 2.75) is 33.7 Å². The summed E-state index contributed by atoms with van der Waals surface area (Å²) in [4.78, 5) is 20.4. The molecule has 6 nitrogen and oxygen atoms in total. The van der Waals surface area contributed by atoms with Gasteiger partial charge in [-0.15, -0.1) is 0 Å². The van der Waals surface area contributed by atoms with Crippen molar-refractivity contribution in [2.24, 2.45) is 0 Å². The third kappa shape index (κ3) is 4.05. The average Bonchev–Trinajstić information content (AvgIpc) is 2.82. The zero-order valence-corrected chi connectivity index (χ0v) is 12.6. The van der Waals surface area contributed by atoms with Crippen LogP contribution in [0.2, 0.25) is 0 Å². The third-order valence-electron chi connectivity index (χ3n) is 3.05. The fourth-order valence-corrected chi connectivity index (χ4v) is 1.76. The number of rotatable bonds is 6. The summed E-state index contributed by atoms with van der Waals surface area (Å²) < 4.78 is 5.41. The lowest BCUT2D eigenvalue weighted by atomic mass is 10.2. The van der Waals surface area contributed by atoms with E-state index in [1.165, 1.54) is 0 Å². The minimum atomic E-state index is -0.196. The number of aryl methyl sites for hydroxylation is 2. The first kappa shape index (κ1) is 15.0. The van der Waals surface area contributed by atoms with Gasteiger partial charge in [0.15, 0.2) is 0 Å². The Labute approximate surface area is 124 Å². The van der Waals surface area contributed by atoms with Crippen LogP contribution < -0.4 is 10.6 Å². The Bertz CT molecular complexity index is 585. The number of carbonyl (C=O) groups is 1. The molecule has 112 valence electrons. The predicted octanol–water partition coefficient (Wildman–Crippen LogP) is 2.44. The van der Waals surface area contributed by atoms with Gasteiger partial charge >= 0.3 is 0 Å². The van der Waals surface area contributed by atoms with Gasteiger partial charge in [0.1, 0.15) is 11.6 Å². The van der Waals surface area contributed by atoms with Crippen LogP contribution in [0.4, 0.5) is 5.82 Å². The average molecular weight is 288 g/mol. The lowest BCUT2D eigenvalue weighted by molar-refractivity contribution is 0.0947. The quantitative estimate of drug-likeness (QED) is 0.853. The number of amides is 1. The lowest BCUT2D eigenvalue weighted by Crippen LogP contribution is -2.23. The highest BCUT2D eigenvalue weighted by Crippen LogP contribution is 2.09. The summed E-state index contributed by atoms with van der Waals surface area (Å²) in [6.45, 7) is 6.93. The van der Waals surface area contributed by atoms with Gasteiger partial charge in [0.25, 0.3) is 5.91 Å². The molecule has 0 saturated carbocycles. The maximum atomic E-state index is 12.0. The standard InChI is InChI=1S/C15H20N4O2/c1-4-7-16-13-6-5-12(8-17-13)15(20)18-9-14-19-10(2)11(3)21-14/h5-6,8H,4,7,9H2,1-3H3,(H,16,17)(H,18,20). The smallest absolute Gasteiger partial charge is 0.253 e. The molecule has 6 heteroatoms. The van der Waals surface area contributed by atoms with Crippen LogP contribution in [0.1, 0.15) is 41.0 Å². The molecule has 0 aromatic carbocycles. The van der Waals surface area contributed by atoms with Gasteiger partial charge in [-0.3, -0.25) is 4.79 Å². The second-order valence-corrected chi connectivity index (χ2v) is 4.79. The van der Waals surface area contributed by atoms with Gasteiger partial charge < -0.3 is 15.1 Å². The molecule has 2 N–H and O–H groups in total. The van der Waals surface area contributed by atoms with Crippen molar-refractivity contribution in [1.82, 2.24) is 15.3 Å². The molecule has 2 aromatic rings. The maximum absolute atomic E-state index is 12.0. The summed E-state index contributed by atoms with van der Waals surface area (Å²) in [6.07, 6.45) is 2.58. The maximum Gasteiger partial charge on any atom is 0.253 e. The Morgan fingerprint density at radius 2 is 2.14 bits per heavy atom. The molecular formula is C15H20N4O2. The van der Waals surface area contributed by atoms with E-state index in [0.717, 1.165) is 30.2 Å². The van der Waals surface area contributed by atoms with E-state index in [1.807, 2.05) is 13.8 Å². The van der Waals surface area contributed by atoms with E-state index < -0.39 is 0 Å².